The number of nitrogens with one attached hydrogen (secondary N) is 1. The molecule has 0 saturated carbocycles. The fourth-order valence-electron chi connectivity index (χ4n) is 2.28. The van der Waals surface area contributed by atoms with Crippen LogP contribution in [0.4, 0.5) is 0 Å². The van der Waals surface area contributed by atoms with Gasteiger partial charge in [-0.3, -0.25) is 0 Å². The quantitative estimate of drug-likeness (QED) is 0.618. The molecule has 0 aliphatic carbocycles. The molecule has 1 rings (SSSR count). The van der Waals surface area contributed by atoms with Crippen molar-refractivity contribution in [3.8, 4) is 0 Å². The first-order valence-electron chi connectivity index (χ1n) is 8.10. The highest BCUT2D eigenvalue weighted by Crippen LogP contribution is 2.13. The average molecular weight is 277 g/mol. The molecule has 1 atom stereocenters. The van der Waals surface area contributed by atoms with Crippen LogP contribution in [0.15, 0.2) is 24.3 Å². The zero-order valence-corrected chi connectivity index (χ0v) is 13.5. The second-order valence-corrected chi connectivity index (χ2v) is 5.62. The van der Waals surface area contributed by atoms with Crippen molar-refractivity contribution in [3.05, 3.63) is 35.4 Å². The van der Waals surface area contributed by atoms with E-state index < -0.39 is 0 Å². The van der Waals surface area contributed by atoms with Crippen molar-refractivity contribution >= 4 is 0 Å². The van der Waals surface area contributed by atoms with Crippen molar-refractivity contribution in [1.82, 2.24) is 5.32 Å². The summed E-state index contributed by atoms with van der Waals surface area (Å²) in [6.07, 6.45) is 4.68. The van der Waals surface area contributed by atoms with Crippen LogP contribution >= 0.6 is 0 Å². The van der Waals surface area contributed by atoms with Crippen molar-refractivity contribution in [2.45, 2.75) is 46.5 Å². The molecule has 2 heteroatoms. The lowest BCUT2D eigenvalue weighted by Crippen LogP contribution is -2.25. The lowest BCUT2D eigenvalue weighted by molar-refractivity contribution is 0.117. The molecule has 0 spiro atoms. The van der Waals surface area contributed by atoms with Gasteiger partial charge in [0.2, 0.25) is 0 Å². The van der Waals surface area contributed by atoms with Crippen LogP contribution < -0.4 is 5.32 Å². The van der Waals surface area contributed by atoms with Gasteiger partial charge in [-0.1, -0.05) is 50.1 Å². The number of hydrogen-bond donors (Lipinski definition) is 1. The Morgan fingerprint density at radius 3 is 2.50 bits per heavy atom. The first-order chi connectivity index (χ1) is 9.76. The van der Waals surface area contributed by atoms with Crippen LogP contribution in [0.25, 0.3) is 0 Å². The minimum absolute atomic E-state index is 0.666. The molecule has 0 aromatic heterocycles. The lowest BCUT2D eigenvalue weighted by atomic mass is 9.96. The van der Waals surface area contributed by atoms with Crippen LogP contribution in [-0.4, -0.2) is 26.3 Å². The van der Waals surface area contributed by atoms with Crippen molar-refractivity contribution in [1.29, 1.82) is 0 Å². The summed E-state index contributed by atoms with van der Waals surface area (Å²) in [6, 6.07) is 8.92. The summed E-state index contributed by atoms with van der Waals surface area (Å²) >= 11 is 0. The van der Waals surface area contributed by atoms with Crippen LogP contribution in [-0.2, 0) is 11.2 Å². The van der Waals surface area contributed by atoms with Gasteiger partial charge in [0.1, 0.15) is 0 Å². The maximum absolute atomic E-state index is 5.71. The minimum Gasteiger partial charge on any atom is -0.381 e. The highest BCUT2D eigenvalue weighted by molar-refractivity contribution is 5.21. The van der Waals surface area contributed by atoms with Gasteiger partial charge in [0.05, 0.1) is 0 Å². The normalized spacial score (nSPS) is 12.6. The van der Waals surface area contributed by atoms with E-state index in [2.05, 4.69) is 50.4 Å². The number of unbranched alkanes of at least 4 members (excludes halogenated alkanes) is 1. The predicted octanol–water partition coefficient (Wildman–Crippen LogP) is 3.97. The third-order valence-electron chi connectivity index (χ3n) is 3.64. The summed E-state index contributed by atoms with van der Waals surface area (Å²) in [5.74, 6) is 0.666. The Labute approximate surface area is 124 Å². The van der Waals surface area contributed by atoms with Gasteiger partial charge in [-0.15, -0.1) is 0 Å². The number of hydrogen-bond acceptors (Lipinski definition) is 2. The van der Waals surface area contributed by atoms with Crippen molar-refractivity contribution in [3.63, 3.8) is 0 Å². The molecule has 20 heavy (non-hydrogen) atoms. The Hall–Kier alpha value is -0.860. The summed E-state index contributed by atoms with van der Waals surface area (Å²) < 4.78 is 5.71. The third-order valence-corrected chi connectivity index (χ3v) is 3.64. The zero-order valence-electron chi connectivity index (χ0n) is 13.5. The van der Waals surface area contributed by atoms with E-state index in [9.17, 15) is 0 Å². The average Bonchev–Trinajstić information content (AvgIpc) is 2.46. The van der Waals surface area contributed by atoms with Gasteiger partial charge >= 0.3 is 0 Å². The summed E-state index contributed by atoms with van der Waals surface area (Å²) in [5.41, 5.74) is 2.77. The lowest BCUT2D eigenvalue weighted by Gasteiger charge is -2.17. The van der Waals surface area contributed by atoms with Gasteiger partial charge in [0.15, 0.2) is 0 Å². The second-order valence-electron chi connectivity index (χ2n) is 5.62. The molecular weight excluding hydrogens is 246 g/mol. The maximum Gasteiger partial charge on any atom is 0.0469 e. The summed E-state index contributed by atoms with van der Waals surface area (Å²) in [7, 11) is 0. The fourth-order valence-corrected chi connectivity index (χ4v) is 2.28. The van der Waals surface area contributed by atoms with Gasteiger partial charge < -0.3 is 10.1 Å². The Kier molecular flexibility index (Phi) is 9.35. The van der Waals surface area contributed by atoms with Crippen LogP contribution in [0.3, 0.4) is 0 Å². The highest BCUT2D eigenvalue weighted by atomic mass is 16.5. The molecule has 1 aromatic rings. The molecule has 1 aromatic carbocycles. The van der Waals surface area contributed by atoms with E-state index in [1.807, 2.05) is 0 Å². The molecule has 0 amide bonds. The van der Waals surface area contributed by atoms with Gasteiger partial charge in [-0.25, -0.2) is 0 Å². The Morgan fingerprint density at radius 1 is 1.10 bits per heavy atom. The van der Waals surface area contributed by atoms with E-state index in [-0.39, 0.29) is 0 Å². The van der Waals surface area contributed by atoms with E-state index in [1.165, 1.54) is 24.0 Å². The molecule has 0 bridgehead atoms. The van der Waals surface area contributed by atoms with Crippen LogP contribution in [0.1, 0.15) is 44.2 Å². The number of rotatable bonds is 11. The molecule has 1 unspecified atom stereocenters. The number of ether oxygens (including phenoxy) is 1. The largest absolute Gasteiger partial charge is 0.381 e. The molecule has 0 aliphatic heterocycles. The Balaban J connectivity index is 2.36. The van der Waals surface area contributed by atoms with E-state index in [4.69, 9.17) is 4.74 Å². The first-order valence-corrected chi connectivity index (χ1v) is 8.10. The maximum atomic E-state index is 5.71. The van der Waals surface area contributed by atoms with E-state index in [0.717, 1.165) is 39.1 Å². The molecule has 0 radical (unpaired) electrons. The molecule has 0 aliphatic rings. The SMILES string of the molecule is CCCCOCCC(CNCC)Cc1ccc(C)cc1. The molecule has 2 nitrogen and oxygen atoms in total. The number of aryl methyl sites for hydroxylation is 1. The second kappa shape index (κ2) is 10.9. The van der Waals surface area contributed by atoms with E-state index >= 15 is 0 Å². The van der Waals surface area contributed by atoms with Crippen molar-refractivity contribution in [2.24, 2.45) is 5.92 Å². The van der Waals surface area contributed by atoms with Gasteiger partial charge in [0.25, 0.3) is 0 Å². The smallest absolute Gasteiger partial charge is 0.0469 e. The standard InChI is InChI=1S/C18H31NO/c1-4-6-12-20-13-11-18(15-19-5-2)14-17-9-7-16(3)8-10-17/h7-10,18-19H,4-6,11-15H2,1-3H3. The van der Waals surface area contributed by atoms with E-state index in [1.54, 1.807) is 0 Å². The zero-order chi connectivity index (χ0) is 14.6. The summed E-state index contributed by atoms with van der Waals surface area (Å²) in [5, 5.41) is 3.48. The minimum atomic E-state index is 0.666. The van der Waals surface area contributed by atoms with Crippen LogP contribution in [0, 0.1) is 12.8 Å². The molecule has 1 N–H and O–H groups in total. The molecule has 114 valence electrons. The van der Waals surface area contributed by atoms with Gasteiger partial charge in [-0.2, -0.15) is 0 Å². The van der Waals surface area contributed by atoms with Crippen LogP contribution in [0.2, 0.25) is 0 Å². The van der Waals surface area contributed by atoms with E-state index in [0.29, 0.717) is 5.92 Å². The Morgan fingerprint density at radius 2 is 1.85 bits per heavy atom. The third kappa shape index (κ3) is 7.66. The van der Waals surface area contributed by atoms with Gasteiger partial charge in [-0.05, 0) is 50.8 Å². The molecular formula is C18H31NO. The van der Waals surface area contributed by atoms with Gasteiger partial charge in [0, 0.05) is 13.2 Å². The molecule has 0 heterocycles. The first kappa shape index (κ1) is 17.2. The molecule has 0 fully saturated rings. The van der Waals surface area contributed by atoms with Crippen LogP contribution in [0.5, 0.6) is 0 Å². The molecule has 0 saturated heterocycles. The topological polar surface area (TPSA) is 21.3 Å². The highest BCUT2D eigenvalue weighted by Gasteiger charge is 2.09. The monoisotopic (exact) mass is 277 g/mol. The Bertz CT molecular complexity index is 334. The predicted molar refractivity (Wildman–Crippen MR) is 87.3 cm³/mol. The summed E-state index contributed by atoms with van der Waals surface area (Å²) in [6.45, 7) is 10.4. The number of benzene rings is 1. The van der Waals surface area contributed by atoms with Crippen molar-refractivity contribution in [2.75, 3.05) is 26.3 Å². The fraction of sp³-hybridized carbons (Fsp3) is 0.667. The van der Waals surface area contributed by atoms with Crippen molar-refractivity contribution < 1.29 is 4.74 Å². The summed E-state index contributed by atoms with van der Waals surface area (Å²) in [4.78, 5) is 0.